The Balaban J connectivity index is 2.11. The molecule has 2 rings (SSSR count). The molecule has 0 fully saturated rings. The first-order valence-electron chi connectivity index (χ1n) is 4.97. The first kappa shape index (κ1) is 11.1. The van der Waals surface area contributed by atoms with E-state index >= 15 is 0 Å². The lowest BCUT2D eigenvalue weighted by molar-refractivity contribution is 0.194. The standard InChI is InChI=1S/C11H12ClN3O/c1-8(16)11-7-15(14-13-11)6-9-2-4-10(12)5-3-9/h2-5,7-8,16H,6H2,1H3/t8-/m1/s1. The van der Waals surface area contributed by atoms with Crippen molar-refractivity contribution >= 4 is 11.6 Å². The van der Waals surface area contributed by atoms with Gasteiger partial charge in [-0.1, -0.05) is 28.9 Å². The summed E-state index contributed by atoms with van der Waals surface area (Å²) in [6.45, 7) is 2.29. The Morgan fingerprint density at radius 1 is 1.38 bits per heavy atom. The summed E-state index contributed by atoms with van der Waals surface area (Å²) in [6, 6.07) is 7.55. The van der Waals surface area contributed by atoms with E-state index in [4.69, 9.17) is 11.6 Å². The summed E-state index contributed by atoms with van der Waals surface area (Å²) in [5, 5.41) is 17.8. The molecule has 0 radical (unpaired) electrons. The van der Waals surface area contributed by atoms with Crippen LogP contribution in [0.3, 0.4) is 0 Å². The molecule has 5 heteroatoms. The molecule has 0 amide bonds. The van der Waals surface area contributed by atoms with Crippen molar-refractivity contribution in [1.82, 2.24) is 15.0 Å². The van der Waals surface area contributed by atoms with Gasteiger partial charge in [0.05, 0.1) is 18.8 Å². The van der Waals surface area contributed by atoms with E-state index < -0.39 is 6.10 Å². The minimum atomic E-state index is -0.584. The first-order valence-corrected chi connectivity index (χ1v) is 5.35. The molecule has 2 aromatic rings. The van der Waals surface area contributed by atoms with Gasteiger partial charge in [0.15, 0.2) is 0 Å². The summed E-state index contributed by atoms with van der Waals surface area (Å²) in [4.78, 5) is 0. The third-order valence-corrected chi connectivity index (χ3v) is 2.49. The molecule has 1 aromatic heterocycles. The van der Waals surface area contributed by atoms with Crippen molar-refractivity contribution in [3.05, 3.63) is 46.7 Å². The van der Waals surface area contributed by atoms with E-state index in [0.717, 1.165) is 5.56 Å². The Morgan fingerprint density at radius 2 is 2.06 bits per heavy atom. The van der Waals surface area contributed by atoms with E-state index in [-0.39, 0.29) is 0 Å². The monoisotopic (exact) mass is 237 g/mol. The Morgan fingerprint density at radius 3 is 2.62 bits per heavy atom. The summed E-state index contributed by atoms with van der Waals surface area (Å²) < 4.78 is 1.69. The Kier molecular flexibility index (Phi) is 3.22. The highest BCUT2D eigenvalue weighted by molar-refractivity contribution is 6.30. The number of benzene rings is 1. The van der Waals surface area contributed by atoms with Crippen molar-refractivity contribution < 1.29 is 5.11 Å². The Bertz CT molecular complexity index is 464. The van der Waals surface area contributed by atoms with Crippen LogP contribution in [0.2, 0.25) is 5.02 Å². The van der Waals surface area contributed by atoms with E-state index in [1.54, 1.807) is 17.8 Å². The number of halogens is 1. The van der Waals surface area contributed by atoms with Crippen molar-refractivity contribution in [2.24, 2.45) is 0 Å². The second-order valence-electron chi connectivity index (χ2n) is 3.64. The van der Waals surface area contributed by atoms with Crippen LogP contribution in [-0.2, 0) is 6.54 Å². The molecule has 16 heavy (non-hydrogen) atoms. The summed E-state index contributed by atoms with van der Waals surface area (Å²) in [5.41, 5.74) is 1.67. The number of hydrogen-bond donors (Lipinski definition) is 1. The maximum absolute atomic E-state index is 9.31. The molecule has 0 saturated heterocycles. The summed E-state index contributed by atoms with van der Waals surface area (Å²) >= 11 is 5.79. The van der Waals surface area contributed by atoms with Crippen LogP contribution in [0.4, 0.5) is 0 Å². The van der Waals surface area contributed by atoms with Crippen LogP contribution in [0, 0.1) is 0 Å². The zero-order chi connectivity index (χ0) is 11.5. The highest BCUT2D eigenvalue weighted by Crippen LogP contribution is 2.11. The van der Waals surface area contributed by atoms with Gasteiger partial charge in [0.2, 0.25) is 0 Å². The van der Waals surface area contributed by atoms with Gasteiger partial charge >= 0.3 is 0 Å². The van der Waals surface area contributed by atoms with E-state index in [1.807, 2.05) is 24.3 Å². The highest BCUT2D eigenvalue weighted by Gasteiger charge is 2.06. The number of aromatic nitrogens is 3. The van der Waals surface area contributed by atoms with Gasteiger partial charge in [0, 0.05) is 5.02 Å². The van der Waals surface area contributed by atoms with Crippen molar-refractivity contribution in [3.63, 3.8) is 0 Å². The van der Waals surface area contributed by atoms with Gasteiger partial charge in [-0.25, -0.2) is 4.68 Å². The smallest absolute Gasteiger partial charge is 0.111 e. The fraction of sp³-hybridized carbons (Fsp3) is 0.273. The number of aliphatic hydroxyl groups excluding tert-OH is 1. The van der Waals surface area contributed by atoms with Gasteiger partial charge in [-0.05, 0) is 24.6 Å². The molecule has 4 nitrogen and oxygen atoms in total. The molecular formula is C11H12ClN3O. The van der Waals surface area contributed by atoms with Crippen molar-refractivity contribution in [3.8, 4) is 0 Å². The average molecular weight is 238 g/mol. The number of aliphatic hydroxyl groups is 1. The second-order valence-corrected chi connectivity index (χ2v) is 4.08. The van der Waals surface area contributed by atoms with Gasteiger partial charge in [-0.15, -0.1) is 5.10 Å². The predicted molar refractivity (Wildman–Crippen MR) is 61.2 cm³/mol. The number of nitrogens with zero attached hydrogens (tertiary/aromatic N) is 3. The minimum Gasteiger partial charge on any atom is -0.387 e. The zero-order valence-electron chi connectivity index (χ0n) is 8.84. The average Bonchev–Trinajstić information content (AvgIpc) is 2.70. The molecular weight excluding hydrogens is 226 g/mol. The lowest BCUT2D eigenvalue weighted by Gasteiger charge is -2.00. The molecule has 1 N–H and O–H groups in total. The third kappa shape index (κ3) is 2.59. The fourth-order valence-corrected chi connectivity index (χ4v) is 1.48. The number of hydrogen-bond acceptors (Lipinski definition) is 3. The predicted octanol–water partition coefficient (Wildman–Crippen LogP) is 2.03. The van der Waals surface area contributed by atoms with E-state index in [1.165, 1.54) is 0 Å². The molecule has 1 aromatic carbocycles. The molecule has 0 unspecified atom stereocenters. The molecule has 0 spiro atoms. The second kappa shape index (κ2) is 4.63. The van der Waals surface area contributed by atoms with Gasteiger partial charge in [-0.2, -0.15) is 0 Å². The summed E-state index contributed by atoms with van der Waals surface area (Å²) in [5.74, 6) is 0. The maximum atomic E-state index is 9.31. The van der Waals surface area contributed by atoms with E-state index in [9.17, 15) is 5.11 Å². The van der Waals surface area contributed by atoms with Crippen molar-refractivity contribution in [2.75, 3.05) is 0 Å². The molecule has 1 heterocycles. The summed E-state index contributed by atoms with van der Waals surface area (Å²) in [7, 11) is 0. The van der Waals surface area contributed by atoms with Gasteiger partial charge in [-0.3, -0.25) is 0 Å². The molecule has 0 bridgehead atoms. The van der Waals surface area contributed by atoms with Crippen LogP contribution < -0.4 is 0 Å². The first-order chi connectivity index (χ1) is 7.65. The highest BCUT2D eigenvalue weighted by atomic mass is 35.5. The van der Waals surface area contributed by atoms with Crippen LogP contribution in [0.25, 0.3) is 0 Å². The molecule has 0 aliphatic rings. The third-order valence-electron chi connectivity index (χ3n) is 2.24. The lowest BCUT2D eigenvalue weighted by atomic mass is 10.2. The lowest BCUT2D eigenvalue weighted by Crippen LogP contribution is -2.00. The minimum absolute atomic E-state index is 0.578. The summed E-state index contributed by atoms with van der Waals surface area (Å²) in [6.07, 6.45) is 1.15. The van der Waals surface area contributed by atoms with Crippen LogP contribution in [0.5, 0.6) is 0 Å². The van der Waals surface area contributed by atoms with Crippen LogP contribution in [-0.4, -0.2) is 20.1 Å². The number of rotatable bonds is 3. The molecule has 84 valence electrons. The quantitative estimate of drug-likeness (QED) is 0.889. The van der Waals surface area contributed by atoms with Crippen LogP contribution >= 0.6 is 11.6 Å². The molecule has 0 aliphatic carbocycles. The van der Waals surface area contributed by atoms with Gasteiger partial charge in [0.25, 0.3) is 0 Å². The topological polar surface area (TPSA) is 50.9 Å². The zero-order valence-corrected chi connectivity index (χ0v) is 9.59. The Hall–Kier alpha value is -1.39. The van der Waals surface area contributed by atoms with Crippen LogP contribution in [0.1, 0.15) is 24.3 Å². The van der Waals surface area contributed by atoms with E-state index in [0.29, 0.717) is 17.3 Å². The molecule has 1 atom stereocenters. The van der Waals surface area contributed by atoms with Crippen molar-refractivity contribution in [1.29, 1.82) is 0 Å². The molecule has 0 aliphatic heterocycles. The molecule has 0 saturated carbocycles. The van der Waals surface area contributed by atoms with Gasteiger partial charge in [0.1, 0.15) is 5.69 Å². The van der Waals surface area contributed by atoms with Crippen molar-refractivity contribution in [2.45, 2.75) is 19.6 Å². The SMILES string of the molecule is C[C@@H](O)c1cn(Cc2ccc(Cl)cc2)nn1. The fourth-order valence-electron chi connectivity index (χ4n) is 1.36. The normalized spacial score (nSPS) is 12.7. The maximum Gasteiger partial charge on any atom is 0.111 e. The largest absolute Gasteiger partial charge is 0.387 e. The van der Waals surface area contributed by atoms with Gasteiger partial charge < -0.3 is 5.11 Å². The van der Waals surface area contributed by atoms with Crippen LogP contribution in [0.15, 0.2) is 30.5 Å². The van der Waals surface area contributed by atoms with E-state index in [2.05, 4.69) is 10.3 Å². The Labute approximate surface area is 98.5 Å².